The zero-order valence-electron chi connectivity index (χ0n) is 21.2. The molecule has 3 aromatic carbocycles. The van der Waals surface area contributed by atoms with E-state index in [1.165, 1.54) is 17.2 Å². The van der Waals surface area contributed by atoms with Gasteiger partial charge in [-0.1, -0.05) is 97.7 Å². The molecular formula is C30H33Cl2N3O2. The van der Waals surface area contributed by atoms with Crippen molar-refractivity contribution in [3.63, 3.8) is 0 Å². The fourth-order valence-electron chi connectivity index (χ4n) is 4.91. The van der Waals surface area contributed by atoms with Gasteiger partial charge in [-0.25, -0.2) is 0 Å². The molecule has 1 fully saturated rings. The van der Waals surface area contributed by atoms with Gasteiger partial charge in [-0.15, -0.1) is 0 Å². The van der Waals surface area contributed by atoms with Gasteiger partial charge in [0, 0.05) is 31.2 Å². The molecule has 0 saturated carbocycles. The van der Waals surface area contributed by atoms with Crippen molar-refractivity contribution in [2.45, 2.75) is 32.4 Å². The number of carbonyl (C=O) groups is 2. The minimum atomic E-state index is -0.621. The van der Waals surface area contributed by atoms with Gasteiger partial charge in [0.1, 0.15) is 6.04 Å². The average Bonchev–Trinajstić information content (AvgIpc) is 2.89. The number of halogens is 2. The lowest BCUT2D eigenvalue weighted by Crippen LogP contribution is -2.55. The van der Waals surface area contributed by atoms with E-state index in [1.807, 2.05) is 30.9 Å². The molecule has 0 aliphatic carbocycles. The van der Waals surface area contributed by atoms with E-state index in [1.54, 1.807) is 12.1 Å². The molecule has 1 heterocycles. The molecule has 0 aromatic heterocycles. The van der Waals surface area contributed by atoms with Crippen LogP contribution >= 0.6 is 23.2 Å². The van der Waals surface area contributed by atoms with Crippen molar-refractivity contribution < 1.29 is 9.59 Å². The maximum Gasteiger partial charge on any atom is 0.253 e. The predicted octanol–water partition coefficient (Wildman–Crippen LogP) is 6.07. The van der Waals surface area contributed by atoms with Crippen LogP contribution in [0.2, 0.25) is 10.0 Å². The van der Waals surface area contributed by atoms with Crippen LogP contribution in [0.3, 0.4) is 0 Å². The van der Waals surface area contributed by atoms with Crippen LogP contribution in [0, 0.1) is 5.92 Å². The summed E-state index contributed by atoms with van der Waals surface area (Å²) >= 11 is 12.2. The lowest BCUT2D eigenvalue weighted by molar-refractivity contribution is -0.135. The summed E-state index contributed by atoms with van der Waals surface area (Å²) in [6.07, 6.45) is 0.548. The number of carbonyl (C=O) groups excluding carboxylic acids is 2. The number of nitrogens with one attached hydrogen (secondary N) is 1. The third kappa shape index (κ3) is 6.92. The molecule has 5 nitrogen and oxygen atoms in total. The van der Waals surface area contributed by atoms with Crippen LogP contribution in [0.25, 0.3) is 0 Å². The van der Waals surface area contributed by atoms with E-state index in [2.05, 4.69) is 58.7 Å². The summed E-state index contributed by atoms with van der Waals surface area (Å²) in [7, 11) is 0. The molecule has 1 aliphatic rings. The molecule has 4 rings (SSSR count). The van der Waals surface area contributed by atoms with E-state index >= 15 is 0 Å². The molecule has 2 amide bonds. The van der Waals surface area contributed by atoms with Gasteiger partial charge in [0.15, 0.2) is 0 Å². The van der Waals surface area contributed by atoms with Crippen LogP contribution in [-0.2, 0) is 4.79 Å². The summed E-state index contributed by atoms with van der Waals surface area (Å²) < 4.78 is 0. The van der Waals surface area contributed by atoms with Gasteiger partial charge in [0.2, 0.25) is 5.91 Å². The Bertz CT molecular complexity index is 1160. The van der Waals surface area contributed by atoms with Gasteiger partial charge in [0.05, 0.1) is 16.6 Å². The Morgan fingerprint density at radius 2 is 1.41 bits per heavy atom. The molecule has 1 atom stereocenters. The number of rotatable bonds is 8. The van der Waals surface area contributed by atoms with Gasteiger partial charge >= 0.3 is 0 Å². The Labute approximate surface area is 229 Å². The second-order valence-electron chi connectivity index (χ2n) is 9.86. The fraction of sp³-hybridized carbons (Fsp3) is 0.333. The van der Waals surface area contributed by atoms with Gasteiger partial charge in [-0.2, -0.15) is 0 Å². The third-order valence-corrected chi connectivity index (χ3v) is 7.26. The number of nitrogens with zero attached hydrogens (tertiary/aromatic N) is 2. The molecule has 7 heteroatoms. The molecule has 1 aliphatic heterocycles. The monoisotopic (exact) mass is 537 g/mol. The van der Waals surface area contributed by atoms with E-state index in [9.17, 15) is 9.59 Å². The van der Waals surface area contributed by atoms with Crippen LogP contribution in [-0.4, -0.2) is 53.8 Å². The molecule has 1 N–H and O–H groups in total. The van der Waals surface area contributed by atoms with E-state index < -0.39 is 6.04 Å². The van der Waals surface area contributed by atoms with Crippen molar-refractivity contribution in [3.05, 3.63) is 106 Å². The molecule has 3 aromatic rings. The van der Waals surface area contributed by atoms with Crippen LogP contribution < -0.4 is 5.32 Å². The number of hydrogen-bond donors (Lipinski definition) is 1. The number of hydrogen-bond acceptors (Lipinski definition) is 3. The lowest BCUT2D eigenvalue weighted by Gasteiger charge is -2.41. The Hall–Kier alpha value is -2.86. The molecule has 1 saturated heterocycles. The first-order valence-electron chi connectivity index (χ1n) is 12.7. The SMILES string of the molecule is CC(C)C[C@@H](NC(=O)c1ccc(Cl)cc1Cl)C(=O)N1CCN(C(c2ccccc2)c2ccccc2)CC1. The summed E-state index contributed by atoms with van der Waals surface area (Å²) in [4.78, 5) is 30.9. The topological polar surface area (TPSA) is 52.7 Å². The van der Waals surface area contributed by atoms with Crippen LogP contribution in [0.1, 0.15) is 47.8 Å². The van der Waals surface area contributed by atoms with Gasteiger partial charge in [0.25, 0.3) is 5.91 Å². The number of amides is 2. The summed E-state index contributed by atoms with van der Waals surface area (Å²) in [5.74, 6) is -0.188. The van der Waals surface area contributed by atoms with Crippen molar-refractivity contribution in [3.8, 4) is 0 Å². The van der Waals surface area contributed by atoms with E-state index in [0.29, 0.717) is 30.1 Å². The van der Waals surface area contributed by atoms with Crippen LogP contribution in [0.4, 0.5) is 0 Å². The lowest BCUT2D eigenvalue weighted by atomic mass is 9.96. The summed E-state index contributed by atoms with van der Waals surface area (Å²) in [6, 6.07) is 25.2. The molecular weight excluding hydrogens is 505 g/mol. The summed E-state index contributed by atoms with van der Waals surface area (Å²) in [5, 5.41) is 3.66. The highest BCUT2D eigenvalue weighted by atomic mass is 35.5. The summed E-state index contributed by atoms with van der Waals surface area (Å²) in [6.45, 7) is 6.77. The van der Waals surface area contributed by atoms with Gasteiger partial charge in [-0.05, 0) is 41.7 Å². The first-order valence-corrected chi connectivity index (χ1v) is 13.5. The van der Waals surface area contributed by atoms with Crippen LogP contribution in [0.5, 0.6) is 0 Å². The highest BCUT2D eigenvalue weighted by molar-refractivity contribution is 6.36. The molecule has 194 valence electrons. The van der Waals surface area contributed by atoms with Crippen molar-refractivity contribution in [2.75, 3.05) is 26.2 Å². The first-order chi connectivity index (χ1) is 17.8. The maximum atomic E-state index is 13.6. The minimum absolute atomic E-state index is 0.0530. The largest absolute Gasteiger partial charge is 0.340 e. The third-order valence-electron chi connectivity index (χ3n) is 6.71. The smallest absolute Gasteiger partial charge is 0.253 e. The van der Waals surface area contributed by atoms with Gasteiger partial charge in [-0.3, -0.25) is 14.5 Å². The Morgan fingerprint density at radius 1 is 0.838 bits per heavy atom. The average molecular weight is 539 g/mol. The standard InChI is InChI=1S/C30H33Cl2N3O2/c1-21(2)19-27(33-29(36)25-14-13-24(31)20-26(25)32)30(37)35-17-15-34(16-18-35)28(22-9-5-3-6-10-22)23-11-7-4-8-12-23/h3-14,20-21,27-28H,15-19H2,1-2H3,(H,33,36)/t27-/m1/s1. The molecule has 0 unspecified atom stereocenters. The summed E-state index contributed by atoms with van der Waals surface area (Å²) in [5.41, 5.74) is 2.78. The number of benzene rings is 3. The number of piperazine rings is 1. The van der Waals surface area contributed by atoms with Crippen LogP contribution in [0.15, 0.2) is 78.9 Å². The highest BCUT2D eigenvalue weighted by Gasteiger charge is 2.32. The first kappa shape index (κ1) is 27.2. The van der Waals surface area contributed by atoms with Crippen molar-refractivity contribution in [1.29, 1.82) is 0 Å². The predicted molar refractivity (Wildman–Crippen MR) is 150 cm³/mol. The van der Waals surface area contributed by atoms with E-state index in [4.69, 9.17) is 23.2 Å². The maximum absolute atomic E-state index is 13.6. The fourth-order valence-corrected chi connectivity index (χ4v) is 5.40. The quantitative estimate of drug-likeness (QED) is 0.379. The molecule has 0 bridgehead atoms. The second kappa shape index (κ2) is 12.6. The Balaban J connectivity index is 1.46. The van der Waals surface area contributed by atoms with Gasteiger partial charge < -0.3 is 10.2 Å². The van der Waals surface area contributed by atoms with Crippen molar-refractivity contribution in [1.82, 2.24) is 15.1 Å². The molecule has 0 radical (unpaired) electrons. The van der Waals surface area contributed by atoms with E-state index in [-0.39, 0.29) is 28.8 Å². The Kier molecular flexibility index (Phi) is 9.25. The normalized spacial score (nSPS) is 15.1. The van der Waals surface area contributed by atoms with Crippen molar-refractivity contribution >= 4 is 35.0 Å². The molecule has 37 heavy (non-hydrogen) atoms. The zero-order chi connectivity index (χ0) is 26.4. The van der Waals surface area contributed by atoms with E-state index in [0.717, 1.165) is 13.1 Å². The Morgan fingerprint density at radius 3 is 1.92 bits per heavy atom. The van der Waals surface area contributed by atoms with Crippen molar-refractivity contribution in [2.24, 2.45) is 5.92 Å². The molecule has 0 spiro atoms. The minimum Gasteiger partial charge on any atom is -0.340 e. The second-order valence-corrected chi connectivity index (χ2v) is 10.7. The highest BCUT2D eigenvalue weighted by Crippen LogP contribution is 2.29. The zero-order valence-corrected chi connectivity index (χ0v) is 22.8.